The number of nitrogens with one attached hydrogen (secondary N) is 3. The highest BCUT2D eigenvalue weighted by atomic mass is 16.2. The van der Waals surface area contributed by atoms with Crippen molar-refractivity contribution in [2.75, 3.05) is 5.73 Å². The first-order chi connectivity index (χ1) is 10.1. The average Bonchev–Trinajstić information content (AvgIpc) is 2.89. The Labute approximate surface area is 119 Å². The number of aromatic nitrogens is 3. The van der Waals surface area contributed by atoms with Crippen molar-refractivity contribution in [3.63, 3.8) is 0 Å². The average molecular weight is 283 g/mol. The topological polar surface area (TPSA) is 117 Å². The molecule has 1 amide bonds. The molecule has 21 heavy (non-hydrogen) atoms. The van der Waals surface area contributed by atoms with Gasteiger partial charge in [-0.1, -0.05) is 18.2 Å². The maximum Gasteiger partial charge on any atom is 0.252 e. The first-order valence-electron chi connectivity index (χ1n) is 6.33. The summed E-state index contributed by atoms with van der Waals surface area (Å²) in [6, 6.07) is 8.43. The molecule has 1 aromatic carbocycles. The summed E-state index contributed by atoms with van der Waals surface area (Å²) in [7, 11) is 0. The van der Waals surface area contributed by atoms with Gasteiger partial charge in [0.2, 0.25) is 5.56 Å². The molecule has 2 heterocycles. The Morgan fingerprint density at radius 1 is 1.33 bits per heavy atom. The number of carbonyl (C=O) groups excluding carboxylic acids is 1. The highest BCUT2D eigenvalue weighted by molar-refractivity contribution is 6.05. The van der Waals surface area contributed by atoms with Gasteiger partial charge in [0, 0.05) is 29.1 Å². The third-order valence-electron chi connectivity index (χ3n) is 3.19. The van der Waals surface area contributed by atoms with Crippen molar-refractivity contribution >= 4 is 22.6 Å². The van der Waals surface area contributed by atoms with Gasteiger partial charge in [-0.25, -0.2) is 0 Å². The van der Waals surface area contributed by atoms with E-state index in [1.165, 1.54) is 6.07 Å². The van der Waals surface area contributed by atoms with E-state index in [9.17, 15) is 9.59 Å². The van der Waals surface area contributed by atoms with Crippen molar-refractivity contribution in [2.45, 2.75) is 6.54 Å². The van der Waals surface area contributed by atoms with Crippen LogP contribution in [0.25, 0.3) is 10.9 Å². The monoisotopic (exact) mass is 283 g/mol. The second-order valence-corrected chi connectivity index (χ2v) is 4.58. The van der Waals surface area contributed by atoms with E-state index in [0.29, 0.717) is 27.8 Å². The molecule has 0 bridgehead atoms. The molecule has 0 radical (unpaired) electrons. The van der Waals surface area contributed by atoms with Gasteiger partial charge >= 0.3 is 0 Å². The zero-order chi connectivity index (χ0) is 14.8. The van der Waals surface area contributed by atoms with Crippen LogP contribution in [0.4, 0.5) is 5.82 Å². The number of hydrogen-bond acceptors (Lipinski definition) is 4. The Kier molecular flexibility index (Phi) is 3.15. The molecule has 0 aliphatic carbocycles. The second-order valence-electron chi connectivity index (χ2n) is 4.58. The Balaban J connectivity index is 1.91. The summed E-state index contributed by atoms with van der Waals surface area (Å²) in [5.74, 6) is 0.0731. The number of carbonyl (C=O) groups is 1. The van der Waals surface area contributed by atoms with Crippen LogP contribution in [0.5, 0.6) is 0 Å². The lowest BCUT2D eigenvalue weighted by Crippen LogP contribution is -2.25. The molecule has 7 nitrogen and oxygen atoms in total. The van der Waals surface area contributed by atoms with E-state index in [1.807, 2.05) is 6.07 Å². The molecule has 0 atom stereocenters. The molecule has 0 aliphatic heterocycles. The standard InChI is InChI=1S/C14H13N5O2/c15-13-8(7-17-19-13)6-16-14(21)10-5-12(20)18-11-4-2-1-3-9(10)11/h1-5,7H,6H2,(H,16,21)(H,18,20)(H3,15,17,19). The number of H-pyrrole nitrogens is 2. The van der Waals surface area contributed by atoms with Gasteiger partial charge in [0.25, 0.3) is 5.91 Å². The van der Waals surface area contributed by atoms with Crippen LogP contribution in [0.2, 0.25) is 0 Å². The first kappa shape index (κ1) is 12.9. The van der Waals surface area contributed by atoms with E-state index in [4.69, 9.17) is 5.73 Å². The quantitative estimate of drug-likeness (QED) is 0.567. The van der Waals surface area contributed by atoms with Gasteiger partial charge in [0.05, 0.1) is 11.8 Å². The Bertz CT molecular complexity index is 865. The largest absolute Gasteiger partial charge is 0.384 e. The lowest BCUT2D eigenvalue weighted by Gasteiger charge is -2.07. The summed E-state index contributed by atoms with van der Waals surface area (Å²) >= 11 is 0. The molecule has 5 N–H and O–H groups in total. The van der Waals surface area contributed by atoms with Crippen molar-refractivity contribution in [2.24, 2.45) is 0 Å². The molecule has 2 aromatic heterocycles. The SMILES string of the molecule is Nc1[nH]ncc1CNC(=O)c1cc(=O)[nH]c2ccccc12. The maximum atomic E-state index is 12.3. The smallest absolute Gasteiger partial charge is 0.252 e. The third kappa shape index (κ3) is 2.48. The van der Waals surface area contributed by atoms with Crippen LogP contribution in [-0.4, -0.2) is 21.1 Å². The molecule has 0 fully saturated rings. The van der Waals surface area contributed by atoms with E-state index in [-0.39, 0.29) is 18.0 Å². The minimum Gasteiger partial charge on any atom is -0.384 e. The second kappa shape index (κ2) is 5.12. The molecule has 0 aliphatic rings. The Hall–Kier alpha value is -3.09. The normalized spacial score (nSPS) is 10.7. The van der Waals surface area contributed by atoms with Gasteiger partial charge < -0.3 is 16.0 Å². The summed E-state index contributed by atoms with van der Waals surface area (Å²) < 4.78 is 0. The number of nitrogens with two attached hydrogens (primary N) is 1. The fourth-order valence-corrected chi connectivity index (χ4v) is 2.13. The number of hydrogen-bond donors (Lipinski definition) is 4. The van der Waals surface area contributed by atoms with Crippen molar-refractivity contribution in [1.29, 1.82) is 0 Å². The lowest BCUT2D eigenvalue weighted by molar-refractivity contribution is 0.0952. The Morgan fingerprint density at radius 3 is 2.90 bits per heavy atom. The minimum atomic E-state index is -0.335. The molecule has 0 unspecified atom stereocenters. The number of aromatic amines is 2. The molecule has 0 spiro atoms. The molecule has 3 aromatic rings. The van der Waals surface area contributed by atoms with Crippen molar-refractivity contribution in [3.8, 4) is 0 Å². The predicted octanol–water partition coefficient (Wildman–Crippen LogP) is 0.763. The molecule has 106 valence electrons. The first-order valence-corrected chi connectivity index (χ1v) is 6.33. The van der Waals surface area contributed by atoms with E-state index in [2.05, 4.69) is 20.5 Å². The van der Waals surface area contributed by atoms with Gasteiger partial charge in [-0.15, -0.1) is 0 Å². The molecule has 0 saturated heterocycles. The fraction of sp³-hybridized carbons (Fsp3) is 0.0714. The van der Waals surface area contributed by atoms with Gasteiger partial charge in [0.1, 0.15) is 5.82 Å². The molecular weight excluding hydrogens is 270 g/mol. The van der Waals surface area contributed by atoms with Crippen LogP contribution < -0.4 is 16.6 Å². The van der Waals surface area contributed by atoms with Crippen molar-refractivity contribution in [3.05, 3.63) is 58.0 Å². The van der Waals surface area contributed by atoms with Crippen LogP contribution in [0.15, 0.2) is 41.3 Å². The number of amides is 1. The van der Waals surface area contributed by atoms with Gasteiger partial charge in [0.15, 0.2) is 0 Å². The molecule has 0 saturated carbocycles. The highest BCUT2D eigenvalue weighted by Gasteiger charge is 2.12. The fourth-order valence-electron chi connectivity index (χ4n) is 2.13. The molecular formula is C14H13N5O2. The summed E-state index contributed by atoms with van der Waals surface area (Å²) in [6.45, 7) is 0.238. The van der Waals surface area contributed by atoms with Crippen molar-refractivity contribution in [1.82, 2.24) is 20.5 Å². The summed E-state index contributed by atoms with van der Waals surface area (Å²) in [5, 5.41) is 9.79. The minimum absolute atomic E-state index is 0.238. The van der Waals surface area contributed by atoms with E-state index < -0.39 is 0 Å². The van der Waals surface area contributed by atoms with Crippen molar-refractivity contribution < 1.29 is 4.79 Å². The summed E-state index contributed by atoms with van der Waals surface area (Å²) in [6.07, 6.45) is 1.55. The maximum absolute atomic E-state index is 12.3. The van der Waals surface area contributed by atoms with Crippen LogP contribution >= 0.6 is 0 Å². The van der Waals surface area contributed by atoms with Crippen LogP contribution in [0, 0.1) is 0 Å². The number of nitrogens with zero attached hydrogens (tertiary/aromatic N) is 1. The van der Waals surface area contributed by atoms with Crippen LogP contribution in [0.1, 0.15) is 15.9 Å². The third-order valence-corrected chi connectivity index (χ3v) is 3.19. The van der Waals surface area contributed by atoms with E-state index >= 15 is 0 Å². The summed E-state index contributed by atoms with van der Waals surface area (Å²) in [4.78, 5) is 26.6. The van der Waals surface area contributed by atoms with Crippen LogP contribution in [0.3, 0.4) is 0 Å². The molecule has 7 heteroatoms. The number of nitrogen functional groups attached to an aromatic ring is 1. The predicted molar refractivity (Wildman–Crippen MR) is 78.7 cm³/mol. The zero-order valence-electron chi connectivity index (χ0n) is 11.0. The number of para-hydroxylation sites is 1. The number of benzene rings is 1. The van der Waals surface area contributed by atoms with E-state index in [0.717, 1.165) is 0 Å². The van der Waals surface area contributed by atoms with Gasteiger partial charge in [-0.2, -0.15) is 5.10 Å². The van der Waals surface area contributed by atoms with Crippen LogP contribution in [-0.2, 0) is 6.54 Å². The molecule has 3 rings (SSSR count). The number of rotatable bonds is 3. The number of pyridine rings is 1. The zero-order valence-corrected chi connectivity index (χ0v) is 11.0. The Morgan fingerprint density at radius 2 is 2.14 bits per heavy atom. The lowest BCUT2D eigenvalue weighted by atomic mass is 10.1. The number of anilines is 1. The number of fused-ring (bicyclic) bond motifs is 1. The summed E-state index contributed by atoms with van der Waals surface area (Å²) in [5.41, 5.74) is 6.98. The van der Waals surface area contributed by atoms with E-state index in [1.54, 1.807) is 24.4 Å². The highest BCUT2D eigenvalue weighted by Crippen LogP contribution is 2.14. The van der Waals surface area contributed by atoms with Gasteiger partial charge in [-0.05, 0) is 6.07 Å². The van der Waals surface area contributed by atoms with Gasteiger partial charge in [-0.3, -0.25) is 14.7 Å².